The molecule has 5 nitrogen and oxygen atoms in total. The summed E-state index contributed by atoms with van der Waals surface area (Å²) in [5, 5.41) is 13.3. The van der Waals surface area contributed by atoms with Gasteiger partial charge in [0, 0.05) is 16.6 Å². The molecule has 0 spiro atoms. The molecular weight excluding hydrogens is 507 g/mol. The minimum absolute atomic E-state index is 0.173. The van der Waals surface area contributed by atoms with Gasteiger partial charge in [0.2, 0.25) is 5.91 Å². The smallest absolute Gasteiger partial charge is 0.234 e. The fourth-order valence-electron chi connectivity index (χ4n) is 2.44. The number of benzene rings is 2. The van der Waals surface area contributed by atoms with Gasteiger partial charge >= 0.3 is 0 Å². The van der Waals surface area contributed by atoms with E-state index in [-0.39, 0.29) is 11.7 Å². The van der Waals surface area contributed by atoms with Crippen molar-refractivity contribution in [3.63, 3.8) is 0 Å². The predicted octanol–water partition coefficient (Wildman–Crippen LogP) is 6.42. The summed E-state index contributed by atoms with van der Waals surface area (Å²) in [6.07, 6.45) is 0. The van der Waals surface area contributed by atoms with Crippen LogP contribution >= 0.6 is 62.5 Å². The Morgan fingerprint density at radius 3 is 2.57 bits per heavy atom. The molecule has 1 amide bonds. The number of aromatic nitrogens is 3. The highest BCUT2D eigenvalue weighted by Crippen LogP contribution is 2.30. The number of nitrogens with one attached hydrogen (secondary N) is 1. The van der Waals surface area contributed by atoms with E-state index in [2.05, 4.69) is 31.4 Å². The van der Waals surface area contributed by atoms with Crippen LogP contribution in [0.5, 0.6) is 0 Å². The van der Waals surface area contributed by atoms with Gasteiger partial charge in [-0.05, 0) is 43.3 Å². The standard InChI is InChI=1S/C18H14BrCl3N4OS/c1-2-26-17(10-3-5-12(20)13(21)7-10)24-25-18(26)28-9-16(27)23-15-6-4-11(19)8-14(15)22/h3-8H,2,9H2,1H3,(H,23,27). The lowest BCUT2D eigenvalue weighted by molar-refractivity contribution is -0.113. The average Bonchev–Trinajstić information content (AvgIpc) is 3.07. The molecule has 0 saturated carbocycles. The molecule has 0 aliphatic rings. The average molecular weight is 521 g/mol. The van der Waals surface area contributed by atoms with E-state index >= 15 is 0 Å². The highest BCUT2D eigenvalue weighted by molar-refractivity contribution is 9.10. The Labute approximate surface area is 189 Å². The number of nitrogens with zero attached hydrogens (tertiary/aromatic N) is 3. The normalized spacial score (nSPS) is 10.9. The lowest BCUT2D eigenvalue weighted by atomic mass is 10.2. The zero-order valence-electron chi connectivity index (χ0n) is 14.5. The van der Waals surface area contributed by atoms with Crippen molar-refractivity contribution in [3.05, 3.63) is 55.9 Å². The summed E-state index contributed by atoms with van der Waals surface area (Å²) in [4.78, 5) is 12.3. The number of anilines is 1. The van der Waals surface area contributed by atoms with Crippen molar-refractivity contribution in [2.24, 2.45) is 0 Å². The highest BCUT2D eigenvalue weighted by Gasteiger charge is 2.16. The molecule has 0 aliphatic heterocycles. The molecule has 0 fully saturated rings. The molecule has 10 heteroatoms. The van der Waals surface area contributed by atoms with Gasteiger partial charge in [0.05, 0.1) is 26.5 Å². The Hall–Kier alpha value is -1.25. The maximum Gasteiger partial charge on any atom is 0.234 e. The van der Waals surface area contributed by atoms with E-state index in [1.807, 2.05) is 23.6 Å². The Morgan fingerprint density at radius 1 is 1.11 bits per heavy atom. The van der Waals surface area contributed by atoms with Gasteiger partial charge in [0.15, 0.2) is 11.0 Å². The van der Waals surface area contributed by atoms with Crippen molar-refractivity contribution < 1.29 is 4.79 Å². The van der Waals surface area contributed by atoms with Gasteiger partial charge in [-0.2, -0.15) is 0 Å². The molecule has 1 heterocycles. The van der Waals surface area contributed by atoms with Gasteiger partial charge in [-0.1, -0.05) is 62.5 Å². The van der Waals surface area contributed by atoms with Crippen LogP contribution in [0.25, 0.3) is 11.4 Å². The largest absolute Gasteiger partial charge is 0.324 e. The van der Waals surface area contributed by atoms with Gasteiger partial charge < -0.3 is 9.88 Å². The first-order valence-corrected chi connectivity index (χ1v) is 11.1. The number of hydrogen-bond donors (Lipinski definition) is 1. The molecule has 146 valence electrons. The molecule has 0 radical (unpaired) electrons. The molecule has 3 rings (SSSR count). The summed E-state index contributed by atoms with van der Waals surface area (Å²) in [5.41, 5.74) is 1.37. The topological polar surface area (TPSA) is 59.8 Å². The summed E-state index contributed by atoms with van der Waals surface area (Å²) < 4.78 is 2.76. The molecule has 0 saturated heterocycles. The number of thioether (sulfide) groups is 1. The zero-order chi connectivity index (χ0) is 20.3. The van der Waals surface area contributed by atoms with Gasteiger partial charge in [-0.15, -0.1) is 10.2 Å². The van der Waals surface area contributed by atoms with E-state index in [0.717, 1.165) is 10.0 Å². The Balaban J connectivity index is 1.71. The fourth-order valence-corrected chi connectivity index (χ4v) is 4.26. The van der Waals surface area contributed by atoms with Crippen LogP contribution in [-0.2, 0) is 11.3 Å². The molecule has 28 heavy (non-hydrogen) atoms. The van der Waals surface area contributed by atoms with Crippen LogP contribution in [0.3, 0.4) is 0 Å². The monoisotopic (exact) mass is 518 g/mol. The first-order valence-electron chi connectivity index (χ1n) is 8.15. The van der Waals surface area contributed by atoms with Gasteiger partial charge in [-0.3, -0.25) is 4.79 Å². The second-order valence-corrected chi connectivity index (χ2v) is 8.72. The molecular formula is C18H14BrCl3N4OS. The number of hydrogen-bond acceptors (Lipinski definition) is 4. The van der Waals surface area contributed by atoms with E-state index in [1.165, 1.54) is 11.8 Å². The van der Waals surface area contributed by atoms with E-state index < -0.39 is 0 Å². The summed E-state index contributed by atoms with van der Waals surface area (Å²) in [5.74, 6) is 0.655. The first kappa shape index (κ1) is 21.5. The minimum atomic E-state index is -0.184. The van der Waals surface area contributed by atoms with Gasteiger partial charge in [0.1, 0.15) is 0 Å². The van der Waals surface area contributed by atoms with Crippen molar-refractivity contribution in [1.82, 2.24) is 14.8 Å². The maximum atomic E-state index is 12.3. The van der Waals surface area contributed by atoms with Crippen molar-refractivity contribution in [1.29, 1.82) is 0 Å². The molecule has 0 bridgehead atoms. The van der Waals surface area contributed by atoms with Crippen LogP contribution in [0.15, 0.2) is 46.0 Å². The van der Waals surface area contributed by atoms with Gasteiger partial charge in [-0.25, -0.2) is 0 Å². The van der Waals surface area contributed by atoms with E-state index in [9.17, 15) is 4.79 Å². The maximum absolute atomic E-state index is 12.3. The lowest BCUT2D eigenvalue weighted by Gasteiger charge is -2.09. The predicted molar refractivity (Wildman–Crippen MR) is 120 cm³/mol. The van der Waals surface area contributed by atoms with Crippen molar-refractivity contribution in [3.8, 4) is 11.4 Å². The third kappa shape index (κ3) is 5.02. The molecule has 0 aliphatic carbocycles. The van der Waals surface area contributed by atoms with Crippen molar-refractivity contribution in [2.45, 2.75) is 18.6 Å². The number of halogens is 4. The summed E-state index contributed by atoms with van der Waals surface area (Å²) in [6.45, 7) is 2.63. The Kier molecular flexibility index (Phi) is 7.28. The molecule has 1 N–H and O–H groups in total. The number of carbonyl (C=O) groups is 1. The SMILES string of the molecule is CCn1c(SCC(=O)Nc2ccc(Br)cc2Cl)nnc1-c1ccc(Cl)c(Cl)c1. The van der Waals surface area contributed by atoms with Crippen LogP contribution in [-0.4, -0.2) is 26.4 Å². The summed E-state index contributed by atoms with van der Waals surface area (Å²) >= 11 is 22.9. The lowest BCUT2D eigenvalue weighted by Crippen LogP contribution is -2.15. The zero-order valence-corrected chi connectivity index (χ0v) is 19.2. The minimum Gasteiger partial charge on any atom is -0.324 e. The second-order valence-electron chi connectivity index (χ2n) is 5.64. The van der Waals surface area contributed by atoms with Crippen LogP contribution in [0, 0.1) is 0 Å². The Morgan fingerprint density at radius 2 is 1.89 bits per heavy atom. The quantitative estimate of drug-likeness (QED) is 0.381. The van der Waals surface area contributed by atoms with Crippen LogP contribution in [0.2, 0.25) is 15.1 Å². The fraction of sp³-hybridized carbons (Fsp3) is 0.167. The summed E-state index contributed by atoms with van der Waals surface area (Å²) in [6, 6.07) is 10.6. The number of amides is 1. The number of carbonyl (C=O) groups excluding carboxylic acids is 1. The second kappa shape index (κ2) is 9.50. The molecule has 3 aromatic rings. The molecule has 0 unspecified atom stereocenters. The molecule has 0 atom stereocenters. The van der Waals surface area contributed by atoms with Crippen LogP contribution in [0.4, 0.5) is 5.69 Å². The van der Waals surface area contributed by atoms with Crippen molar-refractivity contribution >= 4 is 74.1 Å². The molecule has 2 aromatic carbocycles. The van der Waals surface area contributed by atoms with Crippen molar-refractivity contribution in [2.75, 3.05) is 11.1 Å². The van der Waals surface area contributed by atoms with E-state index in [0.29, 0.717) is 38.3 Å². The third-order valence-electron chi connectivity index (χ3n) is 3.75. The van der Waals surface area contributed by atoms with E-state index in [4.69, 9.17) is 34.8 Å². The van der Waals surface area contributed by atoms with Crippen LogP contribution in [0.1, 0.15) is 6.92 Å². The third-order valence-corrected chi connectivity index (χ3v) is 6.26. The Bertz CT molecular complexity index is 1030. The van der Waals surface area contributed by atoms with E-state index in [1.54, 1.807) is 24.3 Å². The highest BCUT2D eigenvalue weighted by atomic mass is 79.9. The van der Waals surface area contributed by atoms with Gasteiger partial charge in [0.25, 0.3) is 0 Å². The summed E-state index contributed by atoms with van der Waals surface area (Å²) in [7, 11) is 0. The number of rotatable bonds is 6. The molecule has 1 aromatic heterocycles. The van der Waals surface area contributed by atoms with Crippen LogP contribution < -0.4 is 5.32 Å². The first-order chi connectivity index (χ1) is 13.4.